The van der Waals surface area contributed by atoms with Gasteiger partial charge in [-0.1, -0.05) is 30.3 Å². The van der Waals surface area contributed by atoms with Crippen LogP contribution in [0.25, 0.3) is 0 Å². The number of carbonyl (C=O) groups is 1. The van der Waals surface area contributed by atoms with Crippen molar-refractivity contribution < 1.29 is 9.53 Å². The van der Waals surface area contributed by atoms with Crippen molar-refractivity contribution in [2.24, 2.45) is 5.92 Å². The maximum atomic E-state index is 12.4. The van der Waals surface area contributed by atoms with Gasteiger partial charge in [-0.3, -0.25) is 15.1 Å². The highest BCUT2D eigenvalue weighted by Crippen LogP contribution is 2.27. The van der Waals surface area contributed by atoms with Crippen molar-refractivity contribution in [2.45, 2.75) is 18.6 Å². The van der Waals surface area contributed by atoms with Crippen molar-refractivity contribution in [1.29, 1.82) is 0 Å². The number of hydrogen-bond donors (Lipinski definition) is 2. The minimum Gasteiger partial charge on any atom is -0.363 e. The minimum atomic E-state index is -0.747. The molecule has 0 radical (unpaired) electrons. The molecule has 132 valence electrons. The van der Waals surface area contributed by atoms with Gasteiger partial charge in [0.15, 0.2) is 5.60 Å². The lowest BCUT2D eigenvalue weighted by molar-refractivity contribution is -0.165. The molecule has 0 aliphatic carbocycles. The van der Waals surface area contributed by atoms with E-state index in [1.165, 1.54) is 5.56 Å². The lowest BCUT2D eigenvalue weighted by atomic mass is 9.93. The first-order valence-corrected chi connectivity index (χ1v) is 8.61. The molecule has 3 unspecified atom stereocenters. The van der Waals surface area contributed by atoms with Gasteiger partial charge in [-0.25, -0.2) is 5.43 Å². The summed E-state index contributed by atoms with van der Waals surface area (Å²) in [6.07, 6.45) is 0. The van der Waals surface area contributed by atoms with E-state index in [4.69, 9.17) is 4.74 Å². The summed E-state index contributed by atoms with van der Waals surface area (Å²) in [5.74, 6) is 0.499. The summed E-state index contributed by atoms with van der Waals surface area (Å²) in [6, 6.07) is 10.8. The van der Waals surface area contributed by atoms with Crippen LogP contribution in [-0.2, 0) is 9.53 Å². The highest BCUT2D eigenvalue weighted by atomic mass is 16.5. The smallest absolute Gasteiger partial charge is 0.255 e. The Hall–Kier alpha value is -1.47. The third kappa shape index (κ3) is 3.62. The highest BCUT2D eigenvalue weighted by molar-refractivity contribution is 5.84. The lowest BCUT2D eigenvalue weighted by Gasteiger charge is -2.41. The average Bonchev–Trinajstić information content (AvgIpc) is 3.03. The molecule has 0 spiro atoms. The first-order chi connectivity index (χ1) is 11.5. The molecule has 3 atom stereocenters. The minimum absolute atomic E-state index is 0.0366. The van der Waals surface area contributed by atoms with Crippen LogP contribution in [0.2, 0.25) is 0 Å². The fourth-order valence-electron chi connectivity index (χ4n) is 3.76. The van der Waals surface area contributed by atoms with E-state index in [0.717, 1.165) is 19.6 Å². The number of hydrazine groups is 1. The summed E-state index contributed by atoms with van der Waals surface area (Å²) in [5, 5.41) is 0. The number of carbonyl (C=O) groups excluding carboxylic acids is 1. The van der Waals surface area contributed by atoms with Gasteiger partial charge >= 0.3 is 0 Å². The van der Waals surface area contributed by atoms with Crippen molar-refractivity contribution >= 4 is 5.91 Å². The predicted molar refractivity (Wildman–Crippen MR) is 93.3 cm³/mol. The normalized spacial score (nSPS) is 31.1. The van der Waals surface area contributed by atoms with E-state index in [-0.39, 0.29) is 5.91 Å². The number of benzene rings is 1. The molecular formula is C18H28N4O2. The Kier molecular flexibility index (Phi) is 5.20. The highest BCUT2D eigenvalue weighted by Gasteiger charge is 2.41. The molecule has 2 saturated heterocycles. The Morgan fingerprint density at radius 2 is 2.12 bits per heavy atom. The van der Waals surface area contributed by atoms with Gasteiger partial charge in [0.2, 0.25) is 0 Å². The first kappa shape index (κ1) is 17.4. The van der Waals surface area contributed by atoms with Gasteiger partial charge in [-0.15, -0.1) is 0 Å². The first-order valence-electron chi connectivity index (χ1n) is 8.61. The van der Waals surface area contributed by atoms with E-state index in [0.29, 0.717) is 25.1 Å². The van der Waals surface area contributed by atoms with Crippen molar-refractivity contribution in [2.75, 3.05) is 46.9 Å². The van der Waals surface area contributed by atoms with E-state index in [2.05, 4.69) is 40.0 Å². The summed E-state index contributed by atoms with van der Waals surface area (Å²) in [5.41, 5.74) is 7.23. The van der Waals surface area contributed by atoms with Crippen LogP contribution in [0.4, 0.5) is 0 Å². The largest absolute Gasteiger partial charge is 0.363 e. The number of rotatable bonds is 4. The monoisotopic (exact) mass is 332 g/mol. The van der Waals surface area contributed by atoms with Gasteiger partial charge in [-0.05, 0) is 12.5 Å². The number of nitrogens with one attached hydrogen (secondary N) is 2. The number of morpholine rings is 1. The maximum absolute atomic E-state index is 12.4. The van der Waals surface area contributed by atoms with Crippen LogP contribution in [0.15, 0.2) is 30.3 Å². The van der Waals surface area contributed by atoms with Crippen molar-refractivity contribution in [1.82, 2.24) is 20.7 Å². The Bertz CT molecular complexity index is 565. The van der Waals surface area contributed by atoms with Crippen molar-refractivity contribution in [3.63, 3.8) is 0 Å². The second-order valence-electron chi connectivity index (χ2n) is 7.19. The van der Waals surface area contributed by atoms with Gasteiger partial charge < -0.3 is 9.64 Å². The molecular weight excluding hydrogens is 304 g/mol. The molecule has 24 heavy (non-hydrogen) atoms. The van der Waals surface area contributed by atoms with Gasteiger partial charge in [0.25, 0.3) is 5.91 Å². The number of hydrogen-bond acceptors (Lipinski definition) is 5. The molecule has 1 aromatic carbocycles. The van der Waals surface area contributed by atoms with Crippen LogP contribution in [0.3, 0.4) is 0 Å². The standard InChI is InChI=1S/C18H28N4O2/c1-18(17(23)21(2)3)13-22(9-10-24-18)12-15-11-19-20-16(15)14-7-5-4-6-8-14/h4-8,15-16,19-20H,9-13H2,1-3H3. The van der Waals surface area contributed by atoms with E-state index in [1.54, 1.807) is 19.0 Å². The Labute approximate surface area is 144 Å². The second-order valence-corrected chi connectivity index (χ2v) is 7.19. The molecule has 2 aliphatic heterocycles. The number of ether oxygens (including phenoxy) is 1. The number of amides is 1. The van der Waals surface area contributed by atoms with Gasteiger partial charge in [0, 0.05) is 46.2 Å². The van der Waals surface area contributed by atoms with Crippen LogP contribution < -0.4 is 10.9 Å². The van der Waals surface area contributed by atoms with Gasteiger partial charge in [-0.2, -0.15) is 0 Å². The fraction of sp³-hybridized carbons (Fsp3) is 0.611. The molecule has 6 heteroatoms. The van der Waals surface area contributed by atoms with E-state index < -0.39 is 5.60 Å². The molecule has 2 fully saturated rings. The maximum Gasteiger partial charge on any atom is 0.255 e. The van der Waals surface area contributed by atoms with E-state index >= 15 is 0 Å². The summed E-state index contributed by atoms with van der Waals surface area (Å²) in [7, 11) is 3.57. The molecule has 6 nitrogen and oxygen atoms in total. The van der Waals surface area contributed by atoms with Crippen molar-refractivity contribution in [3.8, 4) is 0 Å². The molecule has 0 aromatic heterocycles. The van der Waals surface area contributed by atoms with Crippen LogP contribution in [0.1, 0.15) is 18.5 Å². The van der Waals surface area contributed by atoms with Crippen LogP contribution >= 0.6 is 0 Å². The third-order valence-corrected chi connectivity index (χ3v) is 4.96. The molecule has 2 heterocycles. The van der Waals surface area contributed by atoms with E-state index in [1.807, 2.05) is 13.0 Å². The molecule has 0 bridgehead atoms. The summed E-state index contributed by atoms with van der Waals surface area (Å²) < 4.78 is 5.83. The molecule has 1 aromatic rings. The van der Waals surface area contributed by atoms with Crippen LogP contribution in [0.5, 0.6) is 0 Å². The summed E-state index contributed by atoms with van der Waals surface area (Å²) in [6.45, 7) is 5.88. The molecule has 2 aliphatic rings. The van der Waals surface area contributed by atoms with Crippen LogP contribution in [-0.4, -0.2) is 68.2 Å². The zero-order chi connectivity index (χ0) is 17.2. The Morgan fingerprint density at radius 3 is 2.83 bits per heavy atom. The SMILES string of the molecule is CN(C)C(=O)C1(C)CN(CC2CNNC2c2ccccc2)CCO1. The Balaban J connectivity index is 1.66. The quantitative estimate of drug-likeness (QED) is 0.847. The summed E-state index contributed by atoms with van der Waals surface area (Å²) in [4.78, 5) is 16.4. The zero-order valence-electron chi connectivity index (χ0n) is 14.8. The number of nitrogens with zero attached hydrogens (tertiary/aromatic N) is 2. The van der Waals surface area contributed by atoms with Gasteiger partial charge in [0.05, 0.1) is 12.6 Å². The topological polar surface area (TPSA) is 56.8 Å². The predicted octanol–water partition coefficient (Wildman–Crippen LogP) is 0.631. The zero-order valence-corrected chi connectivity index (χ0v) is 14.8. The second kappa shape index (κ2) is 7.19. The average molecular weight is 332 g/mol. The van der Waals surface area contributed by atoms with Crippen molar-refractivity contribution in [3.05, 3.63) is 35.9 Å². The Morgan fingerprint density at radius 1 is 1.38 bits per heavy atom. The number of likely N-dealkylation sites (N-methyl/N-ethyl adjacent to an activating group) is 1. The molecule has 3 rings (SSSR count). The summed E-state index contributed by atoms with van der Waals surface area (Å²) >= 11 is 0. The van der Waals surface area contributed by atoms with Crippen LogP contribution in [0, 0.1) is 5.92 Å². The molecule has 1 amide bonds. The van der Waals surface area contributed by atoms with Gasteiger partial charge in [0.1, 0.15) is 0 Å². The van der Waals surface area contributed by atoms with E-state index in [9.17, 15) is 4.79 Å². The lowest BCUT2D eigenvalue weighted by Crippen LogP contribution is -2.58. The third-order valence-electron chi connectivity index (χ3n) is 4.96. The molecule has 0 saturated carbocycles. The molecule has 2 N–H and O–H groups in total. The fourth-order valence-corrected chi connectivity index (χ4v) is 3.76.